The summed E-state index contributed by atoms with van der Waals surface area (Å²) in [6.45, 7) is 1.48. The van der Waals surface area contributed by atoms with Gasteiger partial charge >= 0.3 is 0 Å². The predicted molar refractivity (Wildman–Crippen MR) is 73.5 cm³/mol. The fourth-order valence-corrected chi connectivity index (χ4v) is 2.77. The van der Waals surface area contributed by atoms with E-state index in [1.165, 1.54) is 6.07 Å². The fraction of sp³-hybridized carbons (Fsp3) is 0.385. The average Bonchev–Trinajstić information content (AvgIpc) is 2.73. The Labute approximate surface area is 120 Å². The summed E-state index contributed by atoms with van der Waals surface area (Å²) in [4.78, 5) is 24.9. The van der Waals surface area contributed by atoms with Crippen molar-refractivity contribution in [1.82, 2.24) is 0 Å². The molecule has 3 rings (SSSR count). The van der Waals surface area contributed by atoms with Crippen LogP contribution in [-0.4, -0.2) is 49.2 Å². The minimum absolute atomic E-state index is 0.0568. The zero-order valence-corrected chi connectivity index (χ0v) is 11.3. The van der Waals surface area contributed by atoms with E-state index < -0.39 is 11.7 Å². The Bertz CT molecular complexity index is 590. The average molecular weight is 297 g/mol. The monoisotopic (exact) mass is 296 g/mol. The fourth-order valence-electron chi connectivity index (χ4n) is 2.50. The van der Waals surface area contributed by atoms with Gasteiger partial charge < -0.3 is 20.1 Å². The lowest BCUT2D eigenvalue weighted by atomic mass is 10.1. The molecule has 0 aromatic heterocycles. The SMILES string of the molecule is O=C1Nc2cc(N3CCOCC3CO)c(Cl)cc2C1=O. The number of ether oxygens (including phenoxy) is 1. The first-order chi connectivity index (χ1) is 9.61. The number of benzene rings is 1. The molecule has 1 aromatic carbocycles. The summed E-state index contributed by atoms with van der Waals surface area (Å²) in [6.07, 6.45) is 0. The molecule has 1 aromatic rings. The van der Waals surface area contributed by atoms with Crippen LogP contribution >= 0.6 is 11.6 Å². The molecule has 0 saturated carbocycles. The number of carbonyl (C=O) groups excluding carboxylic acids is 2. The molecule has 106 valence electrons. The minimum Gasteiger partial charge on any atom is -0.394 e. The molecule has 20 heavy (non-hydrogen) atoms. The van der Waals surface area contributed by atoms with Crippen molar-refractivity contribution in [3.63, 3.8) is 0 Å². The van der Waals surface area contributed by atoms with Gasteiger partial charge in [0.05, 0.1) is 47.8 Å². The zero-order chi connectivity index (χ0) is 14.3. The second-order valence-electron chi connectivity index (χ2n) is 4.74. The molecular weight excluding hydrogens is 284 g/mol. The lowest BCUT2D eigenvalue weighted by Crippen LogP contribution is -2.47. The van der Waals surface area contributed by atoms with E-state index in [0.717, 1.165) is 0 Å². The number of morpholine rings is 1. The van der Waals surface area contributed by atoms with Gasteiger partial charge in [-0.3, -0.25) is 9.59 Å². The second-order valence-corrected chi connectivity index (χ2v) is 5.14. The summed E-state index contributed by atoms with van der Waals surface area (Å²) >= 11 is 6.22. The molecule has 7 heteroatoms. The minimum atomic E-state index is -0.645. The summed E-state index contributed by atoms with van der Waals surface area (Å²) in [5.74, 6) is -1.22. The molecule has 1 unspecified atom stereocenters. The van der Waals surface area contributed by atoms with Gasteiger partial charge in [-0.25, -0.2) is 0 Å². The van der Waals surface area contributed by atoms with Crippen LogP contribution in [-0.2, 0) is 9.53 Å². The first kappa shape index (κ1) is 13.4. The number of fused-ring (bicyclic) bond motifs is 1. The molecule has 6 nitrogen and oxygen atoms in total. The number of amides is 1. The lowest BCUT2D eigenvalue weighted by Gasteiger charge is -2.37. The Morgan fingerprint density at radius 2 is 2.25 bits per heavy atom. The van der Waals surface area contributed by atoms with E-state index in [0.29, 0.717) is 36.2 Å². The predicted octanol–water partition coefficient (Wildman–Crippen LogP) is 0.672. The van der Waals surface area contributed by atoms with Crippen LogP contribution in [0.25, 0.3) is 0 Å². The van der Waals surface area contributed by atoms with Crippen LogP contribution in [0, 0.1) is 0 Å². The van der Waals surface area contributed by atoms with E-state index in [9.17, 15) is 14.7 Å². The number of nitrogens with zero attached hydrogens (tertiary/aromatic N) is 1. The van der Waals surface area contributed by atoms with Gasteiger partial charge in [0.15, 0.2) is 0 Å². The second kappa shape index (κ2) is 5.05. The third-order valence-electron chi connectivity index (χ3n) is 3.53. The van der Waals surface area contributed by atoms with E-state index in [1.807, 2.05) is 4.90 Å². The van der Waals surface area contributed by atoms with Crippen LogP contribution < -0.4 is 10.2 Å². The Morgan fingerprint density at radius 3 is 3.00 bits per heavy atom. The van der Waals surface area contributed by atoms with E-state index in [1.54, 1.807) is 6.07 Å². The molecule has 0 radical (unpaired) electrons. The molecule has 2 aliphatic heterocycles. The topological polar surface area (TPSA) is 78.9 Å². The third kappa shape index (κ3) is 2.06. The molecule has 0 bridgehead atoms. The van der Waals surface area contributed by atoms with Gasteiger partial charge in [0, 0.05) is 6.54 Å². The summed E-state index contributed by atoms with van der Waals surface area (Å²) < 4.78 is 5.32. The summed E-state index contributed by atoms with van der Waals surface area (Å²) in [6, 6.07) is 2.98. The number of hydrogen-bond donors (Lipinski definition) is 2. The normalized spacial score (nSPS) is 21.9. The highest BCUT2D eigenvalue weighted by Crippen LogP contribution is 2.36. The molecule has 1 fully saturated rings. The standard InChI is InChI=1S/C13H13ClN2O4/c14-9-3-8-10(15-13(19)12(8)18)4-11(9)16-1-2-20-6-7(16)5-17/h3-4,7,17H,1-2,5-6H2,(H,15,18,19). The summed E-state index contributed by atoms with van der Waals surface area (Å²) in [5, 5.41) is 12.3. The highest BCUT2D eigenvalue weighted by Gasteiger charge is 2.31. The van der Waals surface area contributed by atoms with Crippen LogP contribution in [0.3, 0.4) is 0 Å². The van der Waals surface area contributed by atoms with Gasteiger partial charge in [-0.2, -0.15) is 0 Å². The number of anilines is 2. The van der Waals surface area contributed by atoms with E-state index in [-0.39, 0.29) is 18.2 Å². The maximum absolute atomic E-state index is 11.6. The number of hydrogen-bond acceptors (Lipinski definition) is 5. The van der Waals surface area contributed by atoms with Crippen LogP contribution in [0.4, 0.5) is 11.4 Å². The highest BCUT2D eigenvalue weighted by molar-refractivity contribution is 6.52. The number of nitrogens with one attached hydrogen (secondary N) is 1. The number of rotatable bonds is 2. The van der Waals surface area contributed by atoms with E-state index in [2.05, 4.69) is 5.32 Å². The van der Waals surface area contributed by atoms with Gasteiger partial charge in [0.1, 0.15) is 0 Å². The van der Waals surface area contributed by atoms with Gasteiger partial charge in [0.25, 0.3) is 11.7 Å². The summed E-state index contributed by atoms with van der Waals surface area (Å²) in [7, 11) is 0. The van der Waals surface area contributed by atoms with Gasteiger partial charge in [-0.05, 0) is 12.1 Å². The Hall–Kier alpha value is -1.63. The van der Waals surface area contributed by atoms with Crippen molar-refractivity contribution in [2.24, 2.45) is 0 Å². The van der Waals surface area contributed by atoms with E-state index in [4.69, 9.17) is 16.3 Å². The first-order valence-electron chi connectivity index (χ1n) is 6.26. The first-order valence-corrected chi connectivity index (χ1v) is 6.64. The molecular formula is C13H13ClN2O4. The third-order valence-corrected chi connectivity index (χ3v) is 3.84. The quantitative estimate of drug-likeness (QED) is 0.784. The van der Waals surface area contributed by atoms with Crippen molar-refractivity contribution in [3.05, 3.63) is 22.7 Å². The van der Waals surface area contributed by atoms with E-state index >= 15 is 0 Å². The summed E-state index contributed by atoms with van der Waals surface area (Å²) in [5.41, 5.74) is 1.43. The Kier molecular flexibility index (Phi) is 3.37. The molecule has 2 aliphatic rings. The van der Waals surface area contributed by atoms with Crippen molar-refractivity contribution in [2.45, 2.75) is 6.04 Å². The molecule has 1 atom stereocenters. The molecule has 0 aliphatic carbocycles. The van der Waals surface area contributed by atoms with Crippen LogP contribution in [0.2, 0.25) is 5.02 Å². The molecule has 1 amide bonds. The van der Waals surface area contributed by atoms with Gasteiger partial charge in [-0.15, -0.1) is 0 Å². The number of aliphatic hydroxyl groups is 1. The Balaban J connectivity index is 2.01. The van der Waals surface area contributed by atoms with Crippen molar-refractivity contribution in [1.29, 1.82) is 0 Å². The zero-order valence-electron chi connectivity index (χ0n) is 10.6. The van der Waals surface area contributed by atoms with Gasteiger partial charge in [-0.1, -0.05) is 11.6 Å². The number of carbonyl (C=O) groups is 2. The van der Waals surface area contributed by atoms with Crippen LogP contribution in [0.5, 0.6) is 0 Å². The van der Waals surface area contributed by atoms with Crippen LogP contribution in [0.1, 0.15) is 10.4 Å². The lowest BCUT2D eigenvalue weighted by molar-refractivity contribution is -0.112. The molecule has 1 saturated heterocycles. The smallest absolute Gasteiger partial charge is 0.296 e. The van der Waals surface area contributed by atoms with Crippen molar-refractivity contribution < 1.29 is 19.4 Å². The maximum atomic E-state index is 11.6. The number of halogens is 1. The largest absolute Gasteiger partial charge is 0.394 e. The number of aliphatic hydroxyl groups excluding tert-OH is 1. The van der Waals surface area contributed by atoms with Crippen molar-refractivity contribution >= 4 is 34.7 Å². The Morgan fingerprint density at radius 1 is 1.45 bits per heavy atom. The number of Topliss-reactive ketones (excluding diaryl/α,β-unsaturated/α-hetero) is 1. The number of ketones is 1. The molecule has 2 heterocycles. The van der Waals surface area contributed by atoms with Crippen molar-refractivity contribution in [3.8, 4) is 0 Å². The molecule has 0 spiro atoms. The highest BCUT2D eigenvalue weighted by atomic mass is 35.5. The maximum Gasteiger partial charge on any atom is 0.296 e. The molecule has 2 N–H and O–H groups in total. The van der Waals surface area contributed by atoms with Crippen molar-refractivity contribution in [2.75, 3.05) is 36.6 Å². The van der Waals surface area contributed by atoms with Gasteiger partial charge in [0.2, 0.25) is 0 Å². The van der Waals surface area contributed by atoms with Crippen LogP contribution in [0.15, 0.2) is 12.1 Å².